The van der Waals surface area contributed by atoms with Gasteiger partial charge in [-0.15, -0.1) is 0 Å². The number of nitrogens with one attached hydrogen (secondary N) is 1. The SMILES string of the molecule is Nc1ccc(NC(=O)c2cccc(F)c2)c(C(=O)O)c1. The lowest BCUT2D eigenvalue weighted by Gasteiger charge is -2.09. The van der Waals surface area contributed by atoms with Crippen LogP contribution in [0.25, 0.3) is 0 Å². The van der Waals surface area contributed by atoms with E-state index in [4.69, 9.17) is 10.8 Å². The Kier molecular flexibility index (Phi) is 3.65. The summed E-state index contributed by atoms with van der Waals surface area (Å²) in [5, 5.41) is 11.5. The number of benzene rings is 2. The van der Waals surface area contributed by atoms with E-state index in [1.165, 1.54) is 36.4 Å². The zero-order valence-electron chi connectivity index (χ0n) is 10.3. The Balaban J connectivity index is 2.30. The third-order valence-electron chi connectivity index (χ3n) is 2.61. The maximum Gasteiger partial charge on any atom is 0.337 e. The van der Waals surface area contributed by atoms with Crippen LogP contribution in [-0.2, 0) is 0 Å². The Bertz CT molecular complexity index is 686. The van der Waals surface area contributed by atoms with Gasteiger partial charge in [-0.3, -0.25) is 4.79 Å². The summed E-state index contributed by atoms with van der Waals surface area (Å²) in [5.74, 6) is -2.36. The molecule has 102 valence electrons. The molecule has 0 aromatic heterocycles. The van der Waals surface area contributed by atoms with Gasteiger partial charge in [0.1, 0.15) is 5.82 Å². The smallest absolute Gasteiger partial charge is 0.337 e. The van der Waals surface area contributed by atoms with E-state index >= 15 is 0 Å². The lowest BCUT2D eigenvalue weighted by atomic mass is 10.1. The van der Waals surface area contributed by atoms with Crippen LogP contribution in [0, 0.1) is 5.82 Å². The molecule has 0 radical (unpaired) electrons. The number of carboxylic acid groups (broad SMARTS) is 1. The Labute approximate surface area is 113 Å². The average molecular weight is 274 g/mol. The molecular weight excluding hydrogens is 263 g/mol. The summed E-state index contributed by atoms with van der Waals surface area (Å²) < 4.78 is 13.0. The molecule has 0 spiro atoms. The highest BCUT2D eigenvalue weighted by molar-refractivity contribution is 6.08. The molecule has 0 fully saturated rings. The highest BCUT2D eigenvalue weighted by Crippen LogP contribution is 2.20. The van der Waals surface area contributed by atoms with Crippen LogP contribution in [-0.4, -0.2) is 17.0 Å². The highest BCUT2D eigenvalue weighted by atomic mass is 19.1. The van der Waals surface area contributed by atoms with E-state index in [1.807, 2.05) is 0 Å². The monoisotopic (exact) mass is 274 g/mol. The average Bonchev–Trinajstić information content (AvgIpc) is 2.40. The van der Waals surface area contributed by atoms with Crippen molar-refractivity contribution in [1.29, 1.82) is 0 Å². The summed E-state index contributed by atoms with van der Waals surface area (Å²) in [6, 6.07) is 9.18. The number of carboxylic acids is 1. The molecule has 20 heavy (non-hydrogen) atoms. The molecule has 5 nitrogen and oxygen atoms in total. The molecule has 6 heteroatoms. The normalized spacial score (nSPS) is 10.1. The predicted octanol–water partition coefficient (Wildman–Crippen LogP) is 2.36. The minimum atomic E-state index is -1.22. The Morgan fingerprint density at radius 1 is 1.15 bits per heavy atom. The summed E-state index contributed by atoms with van der Waals surface area (Å²) >= 11 is 0. The number of rotatable bonds is 3. The number of nitrogens with two attached hydrogens (primary N) is 1. The van der Waals surface area contributed by atoms with Gasteiger partial charge in [-0.2, -0.15) is 0 Å². The first-order valence-electron chi connectivity index (χ1n) is 5.67. The van der Waals surface area contributed by atoms with Crippen LogP contribution >= 0.6 is 0 Å². The first kappa shape index (κ1) is 13.5. The van der Waals surface area contributed by atoms with Gasteiger partial charge in [-0.05, 0) is 36.4 Å². The van der Waals surface area contributed by atoms with Crippen molar-refractivity contribution in [2.24, 2.45) is 0 Å². The topological polar surface area (TPSA) is 92.4 Å². The number of hydrogen-bond donors (Lipinski definition) is 3. The molecule has 2 aromatic rings. The second-order valence-corrected chi connectivity index (χ2v) is 4.07. The highest BCUT2D eigenvalue weighted by Gasteiger charge is 2.14. The number of aromatic carboxylic acids is 1. The lowest BCUT2D eigenvalue weighted by molar-refractivity contribution is 0.0698. The van der Waals surface area contributed by atoms with Gasteiger partial charge >= 0.3 is 5.97 Å². The maximum atomic E-state index is 13.0. The van der Waals surface area contributed by atoms with Crippen LogP contribution in [0.2, 0.25) is 0 Å². The summed E-state index contributed by atoms with van der Waals surface area (Å²) in [4.78, 5) is 23.0. The Hall–Kier alpha value is -2.89. The number of halogens is 1. The third kappa shape index (κ3) is 2.92. The molecule has 0 unspecified atom stereocenters. The molecule has 2 aromatic carbocycles. The van der Waals surface area contributed by atoms with Crippen LogP contribution < -0.4 is 11.1 Å². The fourth-order valence-corrected chi connectivity index (χ4v) is 1.67. The van der Waals surface area contributed by atoms with Crippen molar-refractivity contribution in [1.82, 2.24) is 0 Å². The standard InChI is InChI=1S/C14H11FN2O3/c15-9-3-1-2-8(6-9)13(18)17-12-5-4-10(16)7-11(12)14(19)20/h1-7H,16H2,(H,17,18)(H,19,20). The van der Waals surface area contributed by atoms with Crippen molar-refractivity contribution in [3.8, 4) is 0 Å². The minimum absolute atomic E-state index is 0.0955. The van der Waals surface area contributed by atoms with Gasteiger partial charge in [-0.25, -0.2) is 9.18 Å². The Morgan fingerprint density at radius 2 is 1.90 bits per heavy atom. The van der Waals surface area contributed by atoms with Crippen LogP contribution in [0.15, 0.2) is 42.5 Å². The zero-order chi connectivity index (χ0) is 14.7. The predicted molar refractivity (Wildman–Crippen MR) is 72.2 cm³/mol. The van der Waals surface area contributed by atoms with Gasteiger partial charge in [0.25, 0.3) is 5.91 Å². The molecule has 0 saturated carbocycles. The molecular formula is C14H11FN2O3. The summed E-state index contributed by atoms with van der Waals surface area (Å²) in [6.07, 6.45) is 0. The van der Waals surface area contributed by atoms with E-state index in [2.05, 4.69) is 5.32 Å². The number of carbonyl (C=O) groups excluding carboxylic acids is 1. The van der Waals surface area contributed by atoms with E-state index < -0.39 is 17.7 Å². The van der Waals surface area contributed by atoms with Crippen LogP contribution in [0.1, 0.15) is 20.7 Å². The second-order valence-electron chi connectivity index (χ2n) is 4.07. The second kappa shape index (κ2) is 5.40. The molecule has 1 amide bonds. The van der Waals surface area contributed by atoms with Gasteiger partial charge in [0.15, 0.2) is 0 Å². The number of nitrogen functional groups attached to an aromatic ring is 1. The lowest BCUT2D eigenvalue weighted by Crippen LogP contribution is -2.15. The van der Waals surface area contributed by atoms with E-state index in [0.717, 1.165) is 6.07 Å². The number of carbonyl (C=O) groups is 2. The Morgan fingerprint density at radius 3 is 2.55 bits per heavy atom. The fraction of sp³-hybridized carbons (Fsp3) is 0. The number of anilines is 2. The molecule has 2 rings (SSSR count). The quantitative estimate of drug-likeness (QED) is 0.749. The van der Waals surface area contributed by atoms with Crippen molar-refractivity contribution in [3.63, 3.8) is 0 Å². The van der Waals surface area contributed by atoms with E-state index in [9.17, 15) is 14.0 Å². The van der Waals surface area contributed by atoms with Gasteiger partial charge in [0, 0.05) is 11.3 Å². The molecule has 0 aliphatic rings. The van der Waals surface area contributed by atoms with Gasteiger partial charge in [-0.1, -0.05) is 6.07 Å². The maximum absolute atomic E-state index is 13.0. The third-order valence-corrected chi connectivity index (χ3v) is 2.61. The molecule has 0 atom stereocenters. The summed E-state index contributed by atoms with van der Waals surface area (Å²) in [6.45, 7) is 0. The zero-order valence-corrected chi connectivity index (χ0v) is 10.3. The first-order valence-corrected chi connectivity index (χ1v) is 5.67. The van der Waals surface area contributed by atoms with Crippen molar-refractivity contribution < 1.29 is 19.1 Å². The van der Waals surface area contributed by atoms with Gasteiger partial charge < -0.3 is 16.2 Å². The van der Waals surface area contributed by atoms with E-state index in [-0.39, 0.29) is 22.5 Å². The van der Waals surface area contributed by atoms with Crippen molar-refractivity contribution in [3.05, 3.63) is 59.4 Å². The summed E-state index contributed by atoms with van der Waals surface area (Å²) in [7, 11) is 0. The van der Waals surface area contributed by atoms with E-state index in [0.29, 0.717) is 0 Å². The van der Waals surface area contributed by atoms with Crippen molar-refractivity contribution >= 4 is 23.3 Å². The summed E-state index contributed by atoms with van der Waals surface area (Å²) in [5.41, 5.74) is 5.83. The number of hydrogen-bond acceptors (Lipinski definition) is 3. The van der Waals surface area contributed by atoms with Crippen molar-refractivity contribution in [2.45, 2.75) is 0 Å². The first-order chi connectivity index (χ1) is 9.47. The molecule has 0 aliphatic heterocycles. The molecule has 4 N–H and O–H groups in total. The number of amides is 1. The van der Waals surface area contributed by atoms with Crippen LogP contribution in [0.5, 0.6) is 0 Å². The van der Waals surface area contributed by atoms with Gasteiger partial charge in [0.2, 0.25) is 0 Å². The molecule has 0 heterocycles. The van der Waals surface area contributed by atoms with Crippen molar-refractivity contribution in [2.75, 3.05) is 11.1 Å². The molecule has 0 aliphatic carbocycles. The molecule has 0 bridgehead atoms. The van der Waals surface area contributed by atoms with E-state index in [1.54, 1.807) is 0 Å². The van der Waals surface area contributed by atoms with Gasteiger partial charge in [0.05, 0.1) is 11.3 Å². The van der Waals surface area contributed by atoms with Crippen LogP contribution in [0.4, 0.5) is 15.8 Å². The molecule has 0 saturated heterocycles. The minimum Gasteiger partial charge on any atom is -0.478 e. The fourth-order valence-electron chi connectivity index (χ4n) is 1.67. The largest absolute Gasteiger partial charge is 0.478 e. The van der Waals surface area contributed by atoms with Crippen LogP contribution in [0.3, 0.4) is 0 Å².